The first-order valence-corrected chi connectivity index (χ1v) is 6.56. The Morgan fingerprint density at radius 2 is 1.80 bits per heavy atom. The molecule has 0 spiro atoms. The second-order valence-corrected chi connectivity index (χ2v) is 4.94. The van der Waals surface area contributed by atoms with Crippen LogP contribution in [-0.2, 0) is 6.42 Å². The van der Waals surface area contributed by atoms with Crippen molar-refractivity contribution in [2.24, 2.45) is 0 Å². The van der Waals surface area contributed by atoms with E-state index in [1.54, 1.807) is 6.07 Å². The number of aryl methyl sites for hydroxylation is 2. The summed E-state index contributed by atoms with van der Waals surface area (Å²) in [5.41, 5.74) is 3.23. The van der Waals surface area contributed by atoms with Crippen LogP contribution < -0.4 is 5.32 Å². The molecule has 2 rings (SSSR count). The van der Waals surface area contributed by atoms with Gasteiger partial charge in [0.2, 0.25) is 0 Å². The van der Waals surface area contributed by atoms with Crippen molar-refractivity contribution in [2.45, 2.75) is 26.3 Å². The van der Waals surface area contributed by atoms with Crippen LogP contribution in [0.1, 0.15) is 28.6 Å². The van der Waals surface area contributed by atoms with Gasteiger partial charge in [0.05, 0.1) is 0 Å². The Balaban J connectivity index is 2.31. The van der Waals surface area contributed by atoms with Gasteiger partial charge < -0.3 is 5.32 Å². The topological polar surface area (TPSA) is 24.9 Å². The lowest BCUT2D eigenvalue weighted by Gasteiger charge is -2.18. The molecule has 1 aromatic carbocycles. The Hall–Kier alpha value is -1.81. The van der Waals surface area contributed by atoms with Crippen molar-refractivity contribution in [3.8, 4) is 0 Å². The predicted molar refractivity (Wildman–Crippen MR) is 75.6 cm³/mol. The number of nitrogens with one attached hydrogen (secondary N) is 1. The van der Waals surface area contributed by atoms with Crippen LogP contribution in [-0.4, -0.2) is 12.0 Å². The maximum atomic E-state index is 13.8. The fourth-order valence-corrected chi connectivity index (χ4v) is 2.38. The summed E-state index contributed by atoms with van der Waals surface area (Å²) >= 11 is 0. The molecular weight excluding hydrogens is 258 g/mol. The Bertz CT molecular complexity index is 591. The summed E-state index contributed by atoms with van der Waals surface area (Å²) < 4.78 is 27.0. The van der Waals surface area contributed by atoms with Gasteiger partial charge >= 0.3 is 0 Å². The maximum absolute atomic E-state index is 13.8. The van der Waals surface area contributed by atoms with Crippen molar-refractivity contribution in [1.29, 1.82) is 0 Å². The number of hydrogen-bond acceptors (Lipinski definition) is 2. The van der Waals surface area contributed by atoms with Crippen molar-refractivity contribution in [3.63, 3.8) is 0 Å². The van der Waals surface area contributed by atoms with E-state index in [-0.39, 0.29) is 6.04 Å². The highest BCUT2D eigenvalue weighted by Gasteiger charge is 2.15. The molecule has 0 saturated carbocycles. The molecule has 1 unspecified atom stereocenters. The molecule has 1 N–H and O–H groups in total. The molecule has 2 nitrogen and oxygen atoms in total. The SMILES string of the molecule is CNC(Cc1cccc(F)c1F)c1cc(C)nc(C)c1. The molecule has 106 valence electrons. The van der Waals surface area contributed by atoms with Gasteiger partial charge in [-0.05, 0) is 56.6 Å². The van der Waals surface area contributed by atoms with E-state index >= 15 is 0 Å². The lowest BCUT2D eigenvalue weighted by Crippen LogP contribution is -2.20. The number of likely N-dealkylation sites (N-methyl/N-ethyl adjacent to an activating group) is 1. The third-order valence-electron chi connectivity index (χ3n) is 3.31. The zero-order chi connectivity index (χ0) is 14.7. The van der Waals surface area contributed by atoms with Gasteiger partial charge in [-0.15, -0.1) is 0 Å². The Labute approximate surface area is 117 Å². The molecule has 0 saturated heterocycles. The van der Waals surface area contributed by atoms with Gasteiger partial charge in [-0.1, -0.05) is 12.1 Å². The van der Waals surface area contributed by atoms with Crippen LogP contribution in [0.2, 0.25) is 0 Å². The summed E-state index contributed by atoms with van der Waals surface area (Å²) in [5, 5.41) is 3.15. The van der Waals surface area contributed by atoms with E-state index in [0.717, 1.165) is 23.0 Å². The lowest BCUT2D eigenvalue weighted by molar-refractivity contribution is 0.486. The van der Waals surface area contributed by atoms with Crippen LogP contribution >= 0.6 is 0 Å². The Morgan fingerprint density at radius 1 is 1.15 bits per heavy atom. The fourth-order valence-electron chi connectivity index (χ4n) is 2.38. The minimum absolute atomic E-state index is 0.0771. The zero-order valence-corrected chi connectivity index (χ0v) is 11.9. The van der Waals surface area contributed by atoms with E-state index in [1.165, 1.54) is 6.07 Å². The second-order valence-electron chi connectivity index (χ2n) is 4.94. The molecule has 0 bridgehead atoms. The number of aromatic nitrogens is 1. The van der Waals surface area contributed by atoms with Crippen molar-refractivity contribution in [3.05, 3.63) is 64.5 Å². The van der Waals surface area contributed by atoms with Gasteiger partial charge in [0, 0.05) is 17.4 Å². The third-order valence-corrected chi connectivity index (χ3v) is 3.31. The fraction of sp³-hybridized carbons (Fsp3) is 0.312. The smallest absolute Gasteiger partial charge is 0.162 e. The average molecular weight is 276 g/mol. The summed E-state index contributed by atoms with van der Waals surface area (Å²) in [6, 6.07) is 8.13. The van der Waals surface area contributed by atoms with Crippen molar-refractivity contribution >= 4 is 0 Å². The number of benzene rings is 1. The molecule has 2 aromatic rings. The summed E-state index contributed by atoms with van der Waals surface area (Å²) in [7, 11) is 1.81. The highest BCUT2D eigenvalue weighted by atomic mass is 19.2. The van der Waals surface area contributed by atoms with E-state index in [4.69, 9.17) is 0 Å². The minimum Gasteiger partial charge on any atom is -0.313 e. The van der Waals surface area contributed by atoms with Crippen LogP contribution in [0.25, 0.3) is 0 Å². The minimum atomic E-state index is -0.806. The first kappa shape index (κ1) is 14.6. The van der Waals surface area contributed by atoms with Gasteiger partial charge in [0.15, 0.2) is 11.6 Å². The number of pyridine rings is 1. The van der Waals surface area contributed by atoms with E-state index in [2.05, 4.69) is 10.3 Å². The normalized spacial score (nSPS) is 12.4. The molecule has 4 heteroatoms. The van der Waals surface area contributed by atoms with E-state index in [0.29, 0.717) is 12.0 Å². The summed E-state index contributed by atoms with van der Waals surface area (Å²) in [5.74, 6) is -1.57. The molecule has 0 fully saturated rings. The molecule has 0 aliphatic rings. The zero-order valence-electron chi connectivity index (χ0n) is 11.9. The molecule has 0 amide bonds. The third kappa shape index (κ3) is 3.20. The lowest BCUT2D eigenvalue weighted by atomic mass is 9.98. The first-order chi connectivity index (χ1) is 9.51. The van der Waals surface area contributed by atoms with Crippen LogP contribution in [0.4, 0.5) is 8.78 Å². The molecule has 1 aromatic heterocycles. The largest absolute Gasteiger partial charge is 0.313 e. The van der Waals surface area contributed by atoms with E-state index in [9.17, 15) is 8.78 Å². The Morgan fingerprint density at radius 3 is 2.40 bits per heavy atom. The number of nitrogens with zero attached hydrogens (tertiary/aromatic N) is 1. The highest BCUT2D eigenvalue weighted by molar-refractivity contribution is 5.27. The summed E-state index contributed by atoms with van der Waals surface area (Å²) in [6.45, 7) is 3.85. The van der Waals surface area contributed by atoms with Gasteiger partial charge in [0.1, 0.15) is 0 Å². The number of hydrogen-bond donors (Lipinski definition) is 1. The van der Waals surface area contributed by atoms with Crippen LogP contribution in [0.3, 0.4) is 0 Å². The molecule has 0 aliphatic heterocycles. The van der Waals surface area contributed by atoms with Crippen molar-refractivity contribution < 1.29 is 8.78 Å². The molecule has 0 radical (unpaired) electrons. The second kappa shape index (κ2) is 6.09. The van der Waals surface area contributed by atoms with Gasteiger partial charge in [0.25, 0.3) is 0 Å². The maximum Gasteiger partial charge on any atom is 0.162 e. The van der Waals surface area contributed by atoms with Crippen LogP contribution in [0.5, 0.6) is 0 Å². The van der Waals surface area contributed by atoms with Gasteiger partial charge in [-0.25, -0.2) is 8.78 Å². The Kier molecular flexibility index (Phi) is 4.45. The van der Waals surface area contributed by atoms with E-state index in [1.807, 2.05) is 33.0 Å². The first-order valence-electron chi connectivity index (χ1n) is 6.56. The predicted octanol–water partition coefficient (Wildman–Crippen LogP) is 3.48. The molecular formula is C16H18F2N2. The average Bonchev–Trinajstić information content (AvgIpc) is 2.39. The van der Waals surface area contributed by atoms with Gasteiger partial charge in [-0.2, -0.15) is 0 Å². The van der Waals surface area contributed by atoms with Crippen molar-refractivity contribution in [1.82, 2.24) is 10.3 Å². The number of rotatable bonds is 4. The van der Waals surface area contributed by atoms with Crippen LogP contribution in [0.15, 0.2) is 30.3 Å². The van der Waals surface area contributed by atoms with Crippen molar-refractivity contribution in [2.75, 3.05) is 7.05 Å². The molecule has 0 aliphatic carbocycles. The summed E-state index contributed by atoms with van der Waals surface area (Å²) in [4.78, 5) is 4.33. The summed E-state index contributed by atoms with van der Waals surface area (Å²) in [6.07, 6.45) is 0.392. The van der Waals surface area contributed by atoms with Crippen LogP contribution in [0, 0.1) is 25.5 Å². The molecule has 1 atom stereocenters. The monoisotopic (exact) mass is 276 g/mol. The van der Waals surface area contributed by atoms with E-state index < -0.39 is 11.6 Å². The quantitative estimate of drug-likeness (QED) is 0.924. The molecule has 1 heterocycles. The molecule has 20 heavy (non-hydrogen) atoms. The highest BCUT2D eigenvalue weighted by Crippen LogP contribution is 2.22. The van der Waals surface area contributed by atoms with Gasteiger partial charge in [-0.3, -0.25) is 4.98 Å². The number of halogens is 2. The standard InChI is InChI=1S/C16H18F2N2/c1-10-7-13(8-11(2)20-10)15(19-3)9-12-5-4-6-14(17)16(12)18/h4-8,15,19H,9H2,1-3H3.